The topological polar surface area (TPSA) is 87.7 Å². The van der Waals surface area contributed by atoms with Crippen molar-refractivity contribution in [3.63, 3.8) is 0 Å². The second-order valence-corrected chi connectivity index (χ2v) is 7.65. The van der Waals surface area contributed by atoms with Crippen LogP contribution in [-0.4, -0.2) is 41.0 Å². The average molecular weight is 344 g/mol. The van der Waals surface area contributed by atoms with Crippen LogP contribution in [0.2, 0.25) is 0 Å². The maximum Gasteiger partial charge on any atom is 0.312 e. The highest BCUT2D eigenvalue weighted by Gasteiger charge is 2.36. The van der Waals surface area contributed by atoms with Crippen LogP contribution in [0.1, 0.15) is 41.5 Å². The Morgan fingerprint density at radius 3 is 2.12 bits per heavy atom. The summed E-state index contributed by atoms with van der Waals surface area (Å²) in [7, 11) is -0.240. The van der Waals surface area contributed by atoms with Gasteiger partial charge in [0.2, 0.25) is 0 Å². The second kappa shape index (κ2) is 6.86. The number of rotatable bonds is 7. The minimum atomic E-state index is -1.16. The van der Waals surface area contributed by atoms with Crippen LogP contribution < -0.4 is 16.5 Å². The molecule has 0 saturated carbocycles. The van der Waals surface area contributed by atoms with Gasteiger partial charge in [0.25, 0.3) is 0 Å². The molecule has 0 saturated heterocycles. The number of halogens is 2. The Bertz CT molecular complexity index is 596. The summed E-state index contributed by atoms with van der Waals surface area (Å²) >= 11 is 0. The van der Waals surface area contributed by atoms with Gasteiger partial charge in [0.15, 0.2) is 11.6 Å². The highest BCUT2D eigenvalue weighted by atomic mass is 19.2. The van der Waals surface area contributed by atoms with Gasteiger partial charge in [-0.15, -0.1) is 0 Å². The number of nitrogens with two attached hydrogens (primary N) is 1. The number of aliphatic hydroxyl groups is 2. The van der Waals surface area contributed by atoms with Crippen molar-refractivity contribution >= 4 is 24.3 Å². The molecule has 0 aliphatic carbocycles. The van der Waals surface area contributed by atoms with Crippen LogP contribution in [0.15, 0.2) is 6.07 Å². The fourth-order valence-corrected chi connectivity index (χ4v) is 1.72. The molecule has 0 aliphatic heterocycles. The summed E-state index contributed by atoms with van der Waals surface area (Å²) in [5, 5.41) is 22.3. The van der Waals surface area contributed by atoms with Gasteiger partial charge in [0, 0.05) is 6.54 Å². The van der Waals surface area contributed by atoms with Crippen molar-refractivity contribution in [1.29, 1.82) is 0 Å². The van der Waals surface area contributed by atoms with Gasteiger partial charge in [0.1, 0.15) is 0 Å². The average Bonchev–Trinajstić information content (AvgIpc) is 2.38. The van der Waals surface area contributed by atoms with Crippen LogP contribution in [0.25, 0.3) is 0 Å². The third-order valence-corrected chi connectivity index (χ3v) is 4.07. The zero-order chi connectivity index (χ0) is 18.9. The normalized spacial score (nSPS) is 13.1. The van der Waals surface area contributed by atoms with Crippen LogP contribution >= 0.6 is 0 Å². The van der Waals surface area contributed by atoms with Crippen molar-refractivity contribution in [2.45, 2.75) is 58.3 Å². The molecule has 0 heterocycles. The van der Waals surface area contributed by atoms with Crippen LogP contribution in [0.3, 0.4) is 0 Å². The van der Waals surface area contributed by atoms with E-state index in [1.54, 1.807) is 27.7 Å². The number of hydrogen-bond acceptors (Lipinski definition) is 5. The number of nitrogen functional groups attached to an aromatic ring is 1. The van der Waals surface area contributed by atoms with Crippen LogP contribution in [0.5, 0.6) is 0 Å². The minimum Gasteiger partial charge on any atom is -0.427 e. The van der Waals surface area contributed by atoms with E-state index >= 15 is 0 Å². The van der Waals surface area contributed by atoms with E-state index in [0.29, 0.717) is 0 Å². The molecule has 0 amide bonds. The zero-order valence-electron chi connectivity index (χ0n) is 15.1. The molecule has 0 atom stereocenters. The summed E-state index contributed by atoms with van der Waals surface area (Å²) in [4.78, 5) is 0. The molecule has 5 N–H and O–H groups in total. The first kappa shape index (κ1) is 20.7. The van der Waals surface area contributed by atoms with E-state index < -0.39 is 28.4 Å². The third kappa shape index (κ3) is 5.06. The van der Waals surface area contributed by atoms with E-state index in [9.17, 15) is 19.0 Å². The summed E-state index contributed by atoms with van der Waals surface area (Å²) in [5.74, 6) is -2.20. The molecule has 1 aromatic rings. The third-order valence-electron chi connectivity index (χ3n) is 4.07. The Morgan fingerprint density at radius 1 is 1.12 bits per heavy atom. The smallest absolute Gasteiger partial charge is 0.312 e. The van der Waals surface area contributed by atoms with Gasteiger partial charge >= 0.3 is 7.48 Å². The number of hydrogen-bond donors (Lipinski definition) is 4. The summed E-state index contributed by atoms with van der Waals surface area (Å²) in [6, 6.07) is 1.28. The highest BCUT2D eigenvalue weighted by molar-refractivity contribution is 6.47. The Morgan fingerprint density at radius 2 is 1.67 bits per heavy atom. The van der Waals surface area contributed by atoms with Gasteiger partial charge in [0.05, 0.1) is 28.2 Å². The van der Waals surface area contributed by atoms with E-state index in [4.69, 9.17) is 10.4 Å². The molecule has 0 aromatic heterocycles. The lowest BCUT2D eigenvalue weighted by molar-refractivity contribution is -0.0893. The van der Waals surface area contributed by atoms with Gasteiger partial charge in [-0.25, -0.2) is 8.78 Å². The van der Waals surface area contributed by atoms with Gasteiger partial charge in [-0.3, -0.25) is 0 Å². The van der Waals surface area contributed by atoms with E-state index in [0.717, 1.165) is 0 Å². The first-order chi connectivity index (χ1) is 10.7. The number of anilines is 2. The minimum absolute atomic E-state index is 0.00907. The Kier molecular flexibility index (Phi) is 5.91. The number of benzene rings is 1. The van der Waals surface area contributed by atoms with Crippen molar-refractivity contribution in [3.05, 3.63) is 17.7 Å². The van der Waals surface area contributed by atoms with Crippen LogP contribution in [-0.2, 0) is 4.65 Å². The standard InChI is InChI=1S/C16H27BF2N2O3/c1-14(2,22)8-21-13-10(20)7-9(11(18)12(13)19)17-24-16(5,6)15(3,4)23/h7,17,21-23H,8,20H2,1-6H3. The van der Waals surface area contributed by atoms with E-state index in [1.807, 2.05) is 0 Å². The van der Waals surface area contributed by atoms with E-state index in [-0.39, 0.29) is 30.9 Å². The van der Waals surface area contributed by atoms with Gasteiger partial charge < -0.3 is 25.9 Å². The predicted octanol–water partition coefficient (Wildman–Crippen LogP) is 1.27. The monoisotopic (exact) mass is 344 g/mol. The lowest BCUT2D eigenvalue weighted by atomic mass is 9.82. The molecule has 0 aliphatic rings. The molecule has 1 rings (SSSR count). The van der Waals surface area contributed by atoms with Crippen molar-refractivity contribution < 1.29 is 23.6 Å². The summed E-state index contributed by atoms with van der Waals surface area (Å²) in [5.41, 5.74) is 2.32. The molecule has 0 fully saturated rings. The first-order valence-electron chi connectivity index (χ1n) is 7.74. The molecular formula is C16H27BF2N2O3. The Labute approximate surface area is 142 Å². The fourth-order valence-electron chi connectivity index (χ4n) is 1.72. The Hall–Kier alpha value is -1.38. The van der Waals surface area contributed by atoms with Gasteiger partial charge in [-0.2, -0.15) is 0 Å². The zero-order valence-corrected chi connectivity index (χ0v) is 15.1. The summed E-state index contributed by atoms with van der Waals surface area (Å²) in [6.07, 6.45) is 0. The van der Waals surface area contributed by atoms with Crippen molar-refractivity contribution in [2.24, 2.45) is 0 Å². The maximum atomic E-state index is 14.3. The van der Waals surface area contributed by atoms with Gasteiger partial charge in [-0.1, -0.05) is 0 Å². The molecular weight excluding hydrogens is 317 g/mol. The Balaban J connectivity index is 3.00. The quantitative estimate of drug-likeness (QED) is 0.442. The molecule has 0 unspecified atom stereocenters. The fraction of sp³-hybridized carbons (Fsp3) is 0.625. The summed E-state index contributed by atoms with van der Waals surface area (Å²) in [6.45, 7) is 9.53. The summed E-state index contributed by atoms with van der Waals surface area (Å²) < 4.78 is 34.1. The second-order valence-electron chi connectivity index (χ2n) is 7.65. The van der Waals surface area contributed by atoms with Crippen molar-refractivity contribution in [1.82, 2.24) is 0 Å². The SMILES string of the molecule is CC(C)(O)CNc1c(N)cc(BOC(C)(C)C(C)(C)O)c(F)c1F. The molecule has 24 heavy (non-hydrogen) atoms. The van der Waals surface area contributed by atoms with E-state index in [1.165, 1.54) is 19.9 Å². The molecule has 136 valence electrons. The lowest BCUT2D eigenvalue weighted by Gasteiger charge is -2.37. The molecule has 0 radical (unpaired) electrons. The van der Waals surface area contributed by atoms with Crippen molar-refractivity contribution in [3.8, 4) is 0 Å². The lowest BCUT2D eigenvalue weighted by Crippen LogP contribution is -2.49. The maximum absolute atomic E-state index is 14.3. The predicted molar refractivity (Wildman–Crippen MR) is 93.8 cm³/mol. The molecule has 5 nitrogen and oxygen atoms in total. The largest absolute Gasteiger partial charge is 0.427 e. The van der Waals surface area contributed by atoms with Crippen molar-refractivity contribution in [2.75, 3.05) is 17.6 Å². The molecule has 8 heteroatoms. The molecule has 0 bridgehead atoms. The molecule has 0 spiro atoms. The van der Waals surface area contributed by atoms with Gasteiger partial charge in [-0.05, 0) is 53.1 Å². The first-order valence-corrected chi connectivity index (χ1v) is 7.74. The van der Waals surface area contributed by atoms with E-state index in [2.05, 4.69) is 5.32 Å². The van der Waals surface area contributed by atoms with Crippen LogP contribution in [0, 0.1) is 11.6 Å². The highest BCUT2D eigenvalue weighted by Crippen LogP contribution is 2.26. The molecule has 1 aromatic carbocycles. The number of nitrogens with one attached hydrogen (secondary N) is 1. The van der Waals surface area contributed by atoms with Crippen LogP contribution in [0.4, 0.5) is 20.2 Å².